The second-order valence-corrected chi connectivity index (χ2v) is 11.3. The highest BCUT2D eigenvalue weighted by Crippen LogP contribution is 2.37. The number of benzene rings is 2. The predicted octanol–water partition coefficient (Wildman–Crippen LogP) is 3.34. The molecule has 2 aromatic heterocycles. The van der Waals surface area contributed by atoms with E-state index in [1.807, 2.05) is 0 Å². The molecule has 4 rings (SSSR count). The fourth-order valence-corrected chi connectivity index (χ4v) is 5.33. The van der Waals surface area contributed by atoms with Gasteiger partial charge in [0.2, 0.25) is 0 Å². The Morgan fingerprint density at radius 1 is 0.810 bits per heavy atom. The van der Waals surface area contributed by atoms with Gasteiger partial charge in [0.15, 0.2) is 10.8 Å². The lowest BCUT2D eigenvalue weighted by Crippen LogP contribution is -2.19. The number of aromatic nitrogens is 4. The number of nitrogens with one attached hydrogen (secondary N) is 1. The van der Waals surface area contributed by atoms with Crippen molar-refractivity contribution >= 4 is 26.7 Å². The van der Waals surface area contributed by atoms with Crippen LogP contribution >= 0.6 is 0 Å². The normalized spacial score (nSPS) is 11.7. The Hall–Kier alpha value is -4.01. The summed E-state index contributed by atoms with van der Waals surface area (Å²) in [5, 5.41) is -0.145. The number of aryl methyl sites for hydroxylation is 4. The zero-order valence-electron chi connectivity index (χ0n) is 24.7. The molecule has 2 heterocycles. The lowest BCUT2D eigenvalue weighted by Gasteiger charge is -2.16. The highest BCUT2D eigenvalue weighted by Gasteiger charge is 2.23. The molecule has 0 saturated carbocycles. The summed E-state index contributed by atoms with van der Waals surface area (Å²) in [6, 6.07) is 8.30. The quantitative estimate of drug-likeness (QED) is 0.203. The Morgan fingerprint density at radius 3 is 1.88 bits per heavy atom. The minimum absolute atomic E-state index is 0.126. The molecule has 14 heteroatoms. The third-order valence-electron chi connectivity index (χ3n) is 6.58. The molecule has 0 amide bonds. The molecule has 42 heavy (non-hydrogen) atoms. The average Bonchev–Trinajstić information content (AvgIpc) is 3.40. The molecule has 0 bridgehead atoms. The zero-order valence-corrected chi connectivity index (χ0v) is 25.5. The molecule has 0 atom stereocenters. The van der Waals surface area contributed by atoms with Crippen LogP contribution in [0.25, 0.3) is 11.0 Å². The van der Waals surface area contributed by atoms with Crippen LogP contribution in [0.15, 0.2) is 46.3 Å². The van der Waals surface area contributed by atoms with Crippen molar-refractivity contribution in [3.63, 3.8) is 0 Å². The van der Waals surface area contributed by atoms with E-state index in [0.29, 0.717) is 73.4 Å². The molecule has 13 nitrogen and oxygen atoms in total. The summed E-state index contributed by atoms with van der Waals surface area (Å²) in [6.45, 7) is 3.62. The Morgan fingerprint density at radius 2 is 1.36 bits per heavy atom. The molecule has 0 aliphatic carbocycles. The zero-order chi connectivity index (χ0) is 30.4. The molecular formula is C28H37N5O8S. The van der Waals surface area contributed by atoms with Crippen molar-refractivity contribution < 1.29 is 32.1 Å². The lowest BCUT2D eigenvalue weighted by molar-refractivity contribution is 0.169. The van der Waals surface area contributed by atoms with Gasteiger partial charge in [0.1, 0.15) is 23.1 Å². The SMILES string of the molecule is COCCCOc1cc(OCCCOC)cc(Oc2cc3c(cc2NS(=O)(=O)c2cn(C)c(C)n2)n(C)c(=O)n3C)c1. The van der Waals surface area contributed by atoms with Crippen LogP contribution < -0.4 is 24.6 Å². The van der Waals surface area contributed by atoms with Crippen LogP contribution in [-0.2, 0) is 40.6 Å². The number of nitrogens with zero attached hydrogens (tertiary/aromatic N) is 4. The summed E-state index contributed by atoms with van der Waals surface area (Å²) in [5.74, 6) is 2.06. The number of ether oxygens (including phenoxy) is 5. The lowest BCUT2D eigenvalue weighted by atomic mass is 10.2. The molecule has 0 unspecified atom stereocenters. The van der Waals surface area contributed by atoms with Gasteiger partial charge in [-0.1, -0.05) is 0 Å². The number of hydrogen-bond acceptors (Lipinski definition) is 9. The van der Waals surface area contributed by atoms with Crippen LogP contribution in [0.5, 0.6) is 23.0 Å². The van der Waals surface area contributed by atoms with E-state index >= 15 is 0 Å². The van der Waals surface area contributed by atoms with E-state index in [0.717, 1.165) is 0 Å². The fourth-order valence-electron chi connectivity index (χ4n) is 4.23. The fraction of sp³-hybridized carbons (Fsp3) is 0.429. The third-order valence-corrected chi connectivity index (χ3v) is 7.82. The van der Waals surface area contributed by atoms with Crippen LogP contribution in [0.1, 0.15) is 18.7 Å². The third kappa shape index (κ3) is 7.06. The van der Waals surface area contributed by atoms with Gasteiger partial charge in [-0.3, -0.25) is 13.9 Å². The predicted molar refractivity (Wildman–Crippen MR) is 157 cm³/mol. The van der Waals surface area contributed by atoms with Crippen molar-refractivity contribution in [2.75, 3.05) is 45.4 Å². The number of rotatable bonds is 15. The van der Waals surface area contributed by atoms with Gasteiger partial charge >= 0.3 is 5.69 Å². The molecule has 0 radical (unpaired) electrons. The number of fused-ring (bicyclic) bond motifs is 1. The molecule has 0 fully saturated rings. The number of sulfonamides is 1. The van der Waals surface area contributed by atoms with Crippen LogP contribution in [-0.4, -0.2) is 67.8 Å². The van der Waals surface area contributed by atoms with Crippen molar-refractivity contribution in [3.8, 4) is 23.0 Å². The van der Waals surface area contributed by atoms with Gasteiger partial charge in [0, 0.05) is 91.9 Å². The first-order valence-corrected chi connectivity index (χ1v) is 14.8. The number of anilines is 1. The van der Waals surface area contributed by atoms with E-state index in [1.54, 1.807) is 77.2 Å². The summed E-state index contributed by atoms with van der Waals surface area (Å²) in [4.78, 5) is 16.8. The first-order chi connectivity index (χ1) is 20.0. The summed E-state index contributed by atoms with van der Waals surface area (Å²) in [7, 11) is 4.11. The Balaban J connectivity index is 1.75. The van der Waals surface area contributed by atoms with E-state index in [1.165, 1.54) is 15.3 Å². The smallest absolute Gasteiger partial charge is 0.328 e. The van der Waals surface area contributed by atoms with Gasteiger partial charge in [-0.25, -0.2) is 9.78 Å². The number of imidazole rings is 2. The maximum atomic E-state index is 13.3. The second-order valence-electron chi connectivity index (χ2n) is 9.71. The van der Waals surface area contributed by atoms with E-state index in [2.05, 4.69) is 9.71 Å². The van der Waals surface area contributed by atoms with Crippen molar-refractivity contribution in [2.24, 2.45) is 21.1 Å². The van der Waals surface area contributed by atoms with Crippen molar-refractivity contribution in [1.82, 2.24) is 18.7 Å². The van der Waals surface area contributed by atoms with E-state index in [4.69, 9.17) is 23.7 Å². The van der Waals surface area contributed by atoms with Gasteiger partial charge in [-0.2, -0.15) is 8.42 Å². The molecule has 0 saturated heterocycles. The van der Waals surface area contributed by atoms with Gasteiger partial charge in [-0.15, -0.1) is 0 Å². The van der Waals surface area contributed by atoms with Gasteiger partial charge in [-0.05, 0) is 13.0 Å². The Bertz CT molecular complexity index is 1660. The second kappa shape index (κ2) is 13.3. The standard InChI is InChI=1S/C28H37N5O8S/c1-19-29-27(18-31(19)2)42(35,36)30-23-16-24-25(33(4)28(34)32(24)3)17-26(23)41-22-14-20(39-11-7-9-37-5)13-21(15-22)40-12-8-10-38-6/h13-18,30H,7-12H2,1-6H3. The van der Waals surface area contributed by atoms with Crippen LogP contribution in [0.2, 0.25) is 0 Å². The summed E-state index contributed by atoms with van der Waals surface area (Å²) in [6.07, 6.45) is 2.79. The van der Waals surface area contributed by atoms with E-state index in [9.17, 15) is 13.2 Å². The van der Waals surface area contributed by atoms with Crippen molar-refractivity contribution in [3.05, 3.63) is 52.8 Å². The Kier molecular flexibility index (Phi) is 9.81. The minimum atomic E-state index is -4.10. The van der Waals surface area contributed by atoms with Crippen LogP contribution in [0.3, 0.4) is 0 Å². The topological polar surface area (TPSA) is 137 Å². The summed E-state index contributed by atoms with van der Waals surface area (Å²) < 4.78 is 62.1. The molecular weight excluding hydrogens is 566 g/mol. The summed E-state index contributed by atoms with van der Waals surface area (Å²) >= 11 is 0. The van der Waals surface area contributed by atoms with Gasteiger partial charge in [0.05, 0.1) is 29.9 Å². The maximum absolute atomic E-state index is 13.3. The monoisotopic (exact) mass is 603 g/mol. The van der Waals surface area contributed by atoms with E-state index in [-0.39, 0.29) is 22.2 Å². The highest BCUT2D eigenvalue weighted by molar-refractivity contribution is 7.92. The molecule has 0 aliphatic heterocycles. The Labute approximate surface area is 244 Å². The summed E-state index contributed by atoms with van der Waals surface area (Å²) in [5.41, 5.74) is 0.926. The first kappa shape index (κ1) is 30.9. The highest BCUT2D eigenvalue weighted by atomic mass is 32.2. The maximum Gasteiger partial charge on any atom is 0.328 e. The molecule has 0 spiro atoms. The average molecular weight is 604 g/mol. The molecule has 228 valence electrons. The molecule has 2 aromatic carbocycles. The number of hydrogen-bond donors (Lipinski definition) is 1. The minimum Gasteiger partial charge on any atom is -0.493 e. The number of methoxy groups -OCH3 is 2. The molecule has 0 aliphatic rings. The first-order valence-electron chi connectivity index (χ1n) is 13.3. The molecule has 4 aromatic rings. The van der Waals surface area contributed by atoms with Gasteiger partial charge in [0.25, 0.3) is 10.0 Å². The van der Waals surface area contributed by atoms with Crippen molar-refractivity contribution in [2.45, 2.75) is 24.8 Å². The van der Waals surface area contributed by atoms with Crippen LogP contribution in [0, 0.1) is 6.92 Å². The largest absolute Gasteiger partial charge is 0.493 e. The van der Waals surface area contributed by atoms with E-state index < -0.39 is 10.0 Å². The van der Waals surface area contributed by atoms with Crippen molar-refractivity contribution in [1.29, 1.82) is 0 Å². The molecule has 1 N–H and O–H groups in total. The van der Waals surface area contributed by atoms with Crippen LogP contribution in [0.4, 0.5) is 5.69 Å². The van der Waals surface area contributed by atoms with Gasteiger partial charge < -0.3 is 28.3 Å².